The van der Waals surface area contributed by atoms with E-state index in [0.29, 0.717) is 13.1 Å². The smallest absolute Gasteiger partial charge is 0.337 e. The number of benzene rings is 1. The molecule has 112 valence electrons. The van der Waals surface area contributed by atoms with Gasteiger partial charge in [0.15, 0.2) is 6.61 Å². The largest absolute Gasteiger partial charge is 0.484 e. The van der Waals surface area contributed by atoms with Gasteiger partial charge in [0.05, 0.1) is 10.6 Å². The van der Waals surface area contributed by atoms with Crippen LogP contribution in [-0.4, -0.2) is 41.6 Å². The monoisotopic (exact) mass is 309 g/mol. The van der Waals surface area contributed by atoms with Crippen molar-refractivity contribution in [2.24, 2.45) is 0 Å². The highest BCUT2D eigenvalue weighted by Gasteiger charge is 2.13. The Hall–Kier alpha value is -2.27. The number of carboxylic acid groups (broad SMARTS) is 1. The highest BCUT2D eigenvalue weighted by Crippen LogP contribution is 2.22. The molecule has 0 aromatic heterocycles. The van der Waals surface area contributed by atoms with Crippen LogP contribution in [-0.2, 0) is 4.79 Å². The minimum atomic E-state index is -1.16. The molecule has 0 aliphatic rings. The fraction of sp³-hybridized carbons (Fsp3) is 0.200. The van der Waals surface area contributed by atoms with Gasteiger partial charge in [0.2, 0.25) is 0 Å². The minimum absolute atomic E-state index is 0.0735. The number of hydrogen-bond donors (Lipinski definition) is 1. The third-order valence-electron chi connectivity index (χ3n) is 2.58. The lowest BCUT2D eigenvalue weighted by atomic mass is 10.2. The summed E-state index contributed by atoms with van der Waals surface area (Å²) < 4.78 is 5.31. The van der Waals surface area contributed by atoms with E-state index in [1.807, 2.05) is 0 Å². The molecule has 0 atom stereocenters. The topological polar surface area (TPSA) is 66.8 Å². The molecule has 1 N–H and O–H groups in total. The molecule has 1 aromatic rings. The van der Waals surface area contributed by atoms with E-state index >= 15 is 0 Å². The number of hydrogen-bond acceptors (Lipinski definition) is 3. The highest BCUT2D eigenvalue weighted by molar-refractivity contribution is 6.33. The first-order valence-corrected chi connectivity index (χ1v) is 6.52. The van der Waals surface area contributed by atoms with Gasteiger partial charge in [-0.15, -0.1) is 13.2 Å². The molecule has 0 aliphatic carbocycles. The normalized spacial score (nSPS) is 9.76. The summed E-state index contributed by atoms with van der Waals surface area (Å²) in [6.07, 6.45) is 3.21. The number of nitrogens with zero attached hydrogens (tertiary/aromatic N) is 1. The van der Waals surface area contributed by atoms with E-state index in [1.54, 1.807) is 12.2 Å². The molecular formula is C15H16ClNO4. The molecule has 0 saturated heterocycles. The molecule has 1 aromatic carbocycles. The molecule has 5 nitrogen and oxygen atoms in total. The van der Waals surface area contributed by atoms with Gasteiger partial charge in [-0.3, -0.25) is 4.79 Å². The van der Waals surface area contributed by atoms with Crippen LogP contribution in [0.1, 0.15) is 10.4 Å². The van der Waals surface area contributed by atoms with Gasteiger partial charge >= 0.3 is 5.97 Å². The number of aromatic carboxylic acids is 1. The van der Waals surface area contributed by atoms with Crippen LogP contribution >= 0.6 is 11.6 Å². The Morgan fingerprint density at radius 2 is 1.90 bits per heavy atom. The van der Waals surface area contributed by atoms with Crippen LogP contribution < -0.4 is 4.74 Å². The molecule has 6 heteroatoms. The third-order valence-corrected chi connectivity index (χ3v) is 2.91. The number of ether oxygens (including phenoxy) is 1. The zero-order valence-corrected chi connectivity index (χ0v) is 12.2. The Balaban J connectivity index is 2.72. The number of carbonyl (C=O) groups excluding carboxylic acids is 1. The Bertz CT molecular complexity index is 547. The molecule has 21 heavy (non-hydrogen) atoms. The summed E-state index contributed by atoms with van der Waals surface area (Å²) in [6.45, 7) is 7.71. The first-order valence-electron chi connectivity index (χ1n) is 6.14. The van der Waals surface area contributed by atoms with Crippen molar-refractivity contribution in [1.82, 2.24) is 4.90 Å². The van der Waals surface area contributed by atoms with E-state index in [0.717, 1.165) is 0 Å². The lowest BCUT2D eigenvalue weighted by Gasteiger charge is -2.19. The molecule has 0 spiro atoms. The number of carbonyl (C=O) groups is 2. The Labute approximate surface area is 128 Å². The fourth-order valence-electron chi connectivity index (χ4n) is 1.58. The van der Waals surface area contributed by atoms with Crippen molar-refractivity contribution in [3.63, 3.8) is 0 Å². The molecule has 0 radical (unpaired) electrons. The summed E-state index contributed by atoms with van der Waals surface area (Å²) in [4.78, 5) is 24.4. The summed E-state index contributed by atoms with van der Waals surface area (Å²) in [5.41, 5.74) is -0.0735. The zero-order valence-electron chi connectivity index (χ0n) is 11.4. The van der Waals surface area contributed by atoms with Gasteiger partial charge in [-0.25, -0.2) is 4.79 Å². The van der Waals surface area contributed by atoms with E-state index in [9.17, 15) is 9.59 Å². The standard InChI is InChI=1S/C15H16ClNO4/c1-3-7-17(8-4-2)14(18)10-21-11-5-6-13(16)12(9-11)15(19)20/h3-6,9H,1-2,7-8,10H2,(H,19,20). The predicted octanol–water partition coefficient (Wildman–Crippen LogP) is 2.62. The first-order chi connectivity index (χ1) is 9.99. The van der Waals surface area contributed by atoms with E-state index in [-0.39, 0.29) is 28.8 Å². The van der Waals surface area contributed by atoms with Crippen molar-refractivity contribution < 1.29 is 19.4 Å². The lowest BCUT2D eigenvalue weighted by molar-refractivity contribution is -0.132. The van der Waals surface area contributed by atoms with Crippen molar-refractivity contribution in [1.29, 1.82) is 0 Å². The number of halogens is 1. The van der Waals surface area contributed by atoms with Crippen LogP contribution in [0.5, 0.6) is 5.75 Å². The molecule has 0 saturated carbocycles. The first kappa shape index (κ1) is 16.8. The molecule has 0 fully saturated rings. The Kier molecular flexibility index (Phi) is 6.49. The van der Waals surface area contributed by atoms with E-state index < -0.39 is 5.97 Å². The zero-order chi connectivity index (χ0) is 15.8. The molecule has 0 aliphatic heterocycles. The predicted molar refractivity (Wildman–Crippen MR) is 80.9 cm³/mol. The number of rotatable bonds is 8. The molecule has 0 heterocycles. The highest BCUT2D eigenvalue weighted by atomic mass is 35.5. The summed E-state index contributed by atoms with van der Waals surface area (Å²) in [5, 5.41) is 9.07. The van der Waals surface area contributed by atoms with Gasteiger partial charge in [0.1, 0.15) is 5.75 Å². The third kappa shape index (κ3) is 4.96. The maximum Gasteiger partial charge on any atom is 0.337 e. The van der Waals surface area contributed by atoms with Crippen LogP contribution in [0.2, 0.25) is 5.02 Å². The van der Waals surface area contributed by atoms with Crippen molar-refractivity contribution in [3.05, 3.63) is 54.1 Å². The summed E-state index contributed by atoms with van der Waals surface area (Å²) in [5.74, 6) is -1.14. The second-order valence-electron chi connectivity index (χ2n) is 4.11. The summed E-state index contributed by atoms with van der Waals surface area (Å²) in [7, 11) is 0. The summed E-state index contributed by atoms with van der Waals surface area (Å²) >= 11 is 5.75. The van der Waals surface area contributed by atoms with Gasteiger partial charge in [-0.2, -0.15) is 0 Å². The average Bonchev–Trinajstić information content (AvgIpc) is 2.45. The fourth-order valence-corrected chi connectivity index (χ4v) is 1.78. The second-order valence-corrected chi connectivity index (χ2v) is 4.52. The Morgan fingerprint density at radius 3 is 2.43 bits per heavy atom. The van der Waals surface area contributed by atoms with Gasteiger partial charge in [0.25, 0.3) is 5.91 Å². The van der Waals surface area contributed by atoms with Crippen molar-refractivity contribution in [2.45, 2.75) is 0 Å². The van der Waals surface area contributed by atoms with Gasteiger partial charge in [-0.05, 0) is 18.2 Å². The lowest BCUT2D eigenvalue weighted by Crippen LogP contribution is -2.35. The van der Waals surface area contributed by atoms with Crippen LogP contribution in [0.15, 0.2) is 43.5 Å². The van der Waals surface area contributed by atoms with Crippen molar-refractivity contribution in [2.75, 3.05) is 19.7 Å². The molecule has 1 amide bonds. The van der Waals surface area contributed by atoms with Crippen LogP contribution in [0.4, 0.5) is 0 Å². The maximum absolute atomic E-state index is 11.9. The van der Waals surface area contributed by atoms with Crippen LogP contribution in [0, 0.1) is 0 Å². The van der Waals surface area contributed by atoms with Crippen LogP contribution in [0.3, 0.4) is 0 Å². The maximum atomic E-state index is 11.9. The van der Waals surface area contributed by atoms with E-state index in [2.05, 4.69) is 13.2 Å². The van der Waals surface area contributed by atoms with Gasteiger partial charge in [0, 0.05) is 13.1 Å². The van der Waals surface area contributed by atoms with E-state index in [4.69, 9.17) is 21.4 Å². The second kappa shape index (κ2) is 8.11. The van der Waals surface area contributed by atoms with E-state index in [1.165, 1.54) is 23.1 Å². The van der Waals surface area contributed by atoms with Gasteiger partial charge in [-0.1, -0.05) is 23.8 Å². The average molecular weight is 310 g/mol. The Morgan fingerprint density at radius 1 is 1.29 bits per heavy atom. The quantitative estimate of drug-likeness (QED) is 0.750. The molecule has 0 bridgehead atoms. The SMILES string of the molecule is C=CCN(CC=C)C(=O)COc1ccc(Cl)c(C(=O)O)c1. The van der Waals surface area contributed by atoms with Crippen molar-refractivity contribution >= 4 is 23.5 Å². The molecule has 0 unspecified atom stereocenters. The van der Waals surface area contributed by atoms with Crippen molar-refractivity contribution in [3.8, 4) is 5.75 Å². The van der Waals surface area contributed by atoms with Crippen LogP contribution in [0.25, 0.3) is 0 Å². The van der Waals surface area contributed by atoms with Gasteiger partial charge < -0.3 is 14.7 Å². The minimum Gasteiger partial charge on any atom is -0.484 e. The molecular weight excluding hydrogens is 294 g/mol. The molecule has 1 rings (SSSR count). The number of amides is 1. The number of carboxylic acids is 1. The summed E-state index contributed by atoms with van der Waals surface area (Å²) in [6, 6.07) is 4.20.